The van der Waals surface area contributed by atoms with Crippen LogP contribution in [0, 0.1) is 5.92 Å². The Kier molecular flexibility index (Phi) is 6.96. The van der Waals surface area contributed by atoms with Gasteiger partial charge in [0.25, 0.3) is 0 Å². The first-order valence-corrected chi connectivity index (χ1v) is 8.96. The lowest BCUT2D eigenvalue weighted by Crippen LogP contribution is -2.46. The van der Waals surface area contributed by atoms with Gasteiger partial charge in [0.2, 0.25) is 5.90 Å². The fourth-order valence-corrected chi connectivity index (χ4v) is 3.33. The number of rotatable bonds is 7. The highest BCUT2D eigenvalue weighted by Gasteiger charge is 2.31. The Morgan fingerprint density at radius 2 is 2.18 bits per heavy atom. The van der Waals surface area contributed by atoms with E-state index in [1.807, 2.05) is 0 Å². The van der Waals surface area contributed by atoms with E-state index in [1.165, 1.54) is 19.4 Å². The van der Waals surface area contributed by atoms with Gasteiger partial charge in [-0.05, 0) is 52.7 Å². The molecule has 2 unspecified atom stereocenters. The number of hydrogen-bond acceptors (Lipinski definition) is 5. The van der Waals surface area contributed by atoms with Gasteiger partial charge >= 0.3 is 0 Å². The Hall–Kier alpha value is -0.810. The number of likely N-dealkylation sites (tertiary alicyclic amines) is 1. The average Bonchev–Trinajstić information content (AvgIpc) is 2.55. The molecule has 5 heteroatoms. The molecule has 0 spiro atoms. The van der Waals surface area contributed by atoms with E-state index in [1.54, 1.807) is 0 Å². The van der Waals surface area contributed by atoms with Crippen LogP contribution in [0.15, 0.2) is 5.16 Å². The van der Waals surface area contributed by atoms with Gasteiger partial charge in [-0.25, -0.2) is 0 Å². The topological polar surface area (TPSA) is 37.3 Å². The maximum Gasteiger partial charge on any atom is 0.230 e. The third-order valence-corrected chi connectivity index (χ3v) is 4.68. The number of oxime groups is 1. The summed E-state index contributed by atoms with van der Waals surface area (Å²) in [6, 6.07) is 0.587. The van der Waals surface area contributed by atoms with E-state index in [0.29, 0.717) is 18.6 Å². The molecule has 2 rings (SSSR count). The van der Waals surface area contributed by atoms with Crippen molar-refractivity contribution in [1.29, 1.82) is 0 Å². The minimum atomic E-state index is 0.119. The van der Waals surface area contributed by atoms with E-state index in [9.17, 15) is 0 Å². The number of hydrogen-bond donors (Lipinski definition) is 0. The monoisotopic (exact) mass is 311 g/mol. The number of ether oxygens (including phenoxy) is 1. The van der Waals surface area contributed by atoms with Gasteiger partial charge < -0.3 is 14.5 Å². The predicted octanol–water partition coefficient (Wildman–Crippen LogP) is 2.57. The first-order chi connectivity index (χ1) is 10.6. The second-order valence-electron chi connectivity index (χ2n) is 6.79. The van der Waals surface area contributed by atoms with E-state index < -0.39 is 0 Å². The first kappa shape index (κ1) is 17.5. The molecule has 0 aliphatic carbocycles. The van der Waals surface area contributed by atoms with Crippen LogP contribution in [0.3, 0.4) is 0 Å². The maximum absolute atomic E-state index is 6.19. The van der Waals surface area contributed by atoms with Gasteiger partial charge in [-0.15, -0.1) is 0 Å². The molecule has 2 atom stereocenters. The Morgan fingerprint density at radius 1 is 1.36 bits per heavy atom. The highest BCUT2D eigenvalue weighted by atomic mass is 16.7. The molecule has 0 aromatic carbocycles. The van der Waals surface area contributed by atoms with Crippen LogP contribution in [0.1, 0.15) is 47.0 Å². The van der Waals surface area contributed by atoms with Gasteiger partial charge in [-0.3, -0.25) is 4.90 Å². The summed E-state index contributed by atoms with van der Waals surface area (Å²) in [7, 11) is 0. The van der Waals surface area contributed by atoms with Crippen molar-refractivity contribution in [3.63, 3.8) is 0 Å². The number of likely N-dealkylation sites (N-methyl/N-ethyl adjacent to an activating group) is 1. The summed E-state index contributed by atoms with van der Waals surface area (Å²) in [4.78, 5) is 10.4. The van der Waals surface area contributed by atoms with Crippen LogP contribution >= 0.6 is 0 Å². The van der Waals surface area contributed by atoms with Gasteiger partial charge in [0.05, 0.1) is 5.92 Å². The molecule has 0 amide bonds. The van der Waals surface area contributed by atoms with Crippen LogP contribution in [0.5, 0.6) is 0 Å². The van der Waals surface area contributed by atoms with Crippen molar-refractivity contribution in [2.75, 3.05) is 39.3 Å². The van der Waals surface area contributed by atoms with Gasteiger partial charge in [0.15, 0.2) is 6.61 Å². The second-order valence-corrected chi connectivity index (χ2v) is 6.79. The molecule has 5 nitrogen and oxygen atoms in total. The average molecular weight is 311 g/mol. The minimum absolute atomic E-state index is 0.119. The zero-order valence-electron chi connectivity index (χ0n) is 14.8. The molecule has 0 N–H and O–H groups in total. The first-order valence-electron chi connectivity index (χ1n) is 8.96. The number of piperidine rings is 1. The minimum Gasteiger partial charge on any atom is -0.470 e. The molecule has 2 aliphatic heterocycles. The number of nitrogens with zero attached hydrogens (tertiary/aromatic N) is 3. The molecule has 22 heavy (non-hydrogen) atoms. The molecular weight excluding hydrogens is 278 g/mol. The molecule has 0 aromatic rings. The Labute approximate surface area is 135 Å². The van der Waals surface area contributed by atoms with Gasteiger partial charge in [-0.1, -0.05) is 19.0 Å². The molecule has 0 bridgehead atoms. The Bertz CT molecular complexity index is 360. The van der Waals surface area contributed by atoms with E-state index >= 15 is 0 Å². The summed E-state index contributed by atoms with van der Waals surface area (Å²) in [6.45, 7) is 14.9. The highest BCUT2D eigenvalue weighted by molar-refractivity contribution is 5.79. The van der Waals surface area contributed by atoms with E-state index in [2.05, 4.69) is 42.7 Å². The highest BCUT2D eigenvalue weighted by Crippen LogP contribution is 2.23. The molecule has 2 heterocycles. The van der Waals surface area contributed by atoms with Crippen molar-refractivity contribution in [2.24, 2.45) is 11.1 Å². The third kappa shape index (κ3) is 4.85. The largest absolute Gasteiger partial charge is 0.470 e. The zero-order valence-corrected chi connectivity index (χ0v) is 14.8. The predicted molar refractivity (Wildman–Crippen MR) is 90.1 cm³/mol. The zero-order chi connectivity index (χ0) is 15.9. The fraction of sp³-hybridized carbons (Fsp3) is 0.941. The van der Waals surface area contributed by atoms with Crippen LogP contribution < -0.4 is 0 Å². The molecule has 128 valence electrons. The normalized spacial score (nSPS) is 26.7. The van der Waals surface area contributed by atoms with Crippen LogP contribution in [0.25, 0.3) is 0 Å². The molecule has 1 saturated heterocycles. The maximum atomic E-state index is 6.19. The van der Waals surface area contributed by atoms with Crippen molar-refractivity contribution < 1.29 is 9.57 Å². The molecule has 1 fully saturated rings. The fourth-order valence-electron chi connectivity index (χ4n) is 3.33. The molecule has 0 radical (unpaired) electrons. The van der Waals surface area contributed by atoms with Crippen molar-refractivity contribution in [3.05, 3.63) is 0 Å². The lowest BCUT2D eigenvalue weighted by molar-refractivity contribution is -0.0161. The molecule has 0 aromatic heterocycles. The lowest BCUT2D eigenvalue weighted by atomic mass is 9.96. The van der Waals surface area contributed by atoms with E-state index in [-0.39, 0.29) is 6.10 Å². The Balaban J connectivity index is 1.88. The molecule has 2 aliphatic rings. The Morgan fingerprint density at radius 3 is 2.86 bits per heavy atom. The van der Waals surface area contributed by atoms with Gasteiger partial charge in [0, 0.05) is 19.1 Å². The third-order valence-electron chi connectivity index (χ3n) is 4.68. The summed E-state index contributed by atoms with van der Waals surface area (Å²) in [5, 5.41) is 4.23. The van der Waals surface area contributed by atoms with Crippen molar-refractivity contribution in [1.82, 2.24) is 9.80 Å². The van der Waals surface area contributed by atoms with Crippen molar-refractivity contribution in [2.45, 2.75) is 59.1 Å². The second kappa shape index (κ2) is 8.73. The summed E-state index contributed by atoms with van der Waals surface area (Å²) >= 11 is 0. The van der Waals surface area contributed by atoms with Crippen molar-refractivity contribution >= 4 is 5.90 Å². The smallest absolute Gasteiger partial charge is 0.230 e. The molecular formula is C17H33N3O2. The van der Waals surface area contributed by atoms with E-state index in [4.69, 9.17) is 9.57 Å². The van der Waals surface area contributed by atoms with Crippen LogP contribution in [0.4, 0.5) is 0 Å². The SMILES string of the molecule is CCCN(CC)CC1CON=C(C2CCCN(C(C)C)C2)O1. The van der Waals surface area contributed by atoms with Crippen LogP contribution in [-0.2, 0) is 9.57 Å². The summed E-state index contributed by atoms with van der Waals surface area (Å²) in [5.74, 6) is 1.22. The van der Waals surface area contributed by atoms with Gasteiger partial charge in [0.1, 0.15) is 6.10 Å². The molecule has 0 saturated carbocycles. The summed E-state index contributed by atoms with van der Waals surface area (Å²) < 4.78 is 6.19. The lowest BCUT2D eigenvalue weighted by Gasteiger charge is -2.37. The van der Waals surface area contributed by atoms with Crippen LogP contribution in [-0.4, -0.2) is 67.2 Å². The van der Waals surface area contributed by atoms with Gasteiger partial charge in [-0.2, -0.15) is 0 Å². The summed E-state index contributed by atoms with van der Waals surface area (Å²) in [6.07, 6.45) is 3.67. The summed E-state index contributed by atoms with van der Waals surface area (Å²) in [5.41, 5.74) is 0. The van der Waals surface area contributed by atoms with Crippen molar-refractivity contribution in [3.8, 4) is 0 Å². The van der Waals surface area contributed by atoms with E-state index in [0.717, 1.165) is 38.5 Å². The standard InChI is InChI=1S/C17H33N3O2/c1-5-9-19(6-2)12-16-13-21-18-17(22-16)15-8-7-10-20(11-15)14(3)4/h14-16H,5-13H2,1-4H3. The quantitative estimate of drug-likeness (QED) is 0.724. The van der Waals surface area contributed by atoms with Crippen LogP contribution in [0.2, 0.25) is 0 Å².